The molecule has 1 unspecified atom stereocenters. The number of hydrogen-bond acceptors (Lipinski definition) is 7. The van der Waals surface area contributed by atoms with Crippen molar-refractivity contribution in [3.63, 3.8) is 0 Å². The molecule has 1 aromatic heterocycles. The first kappa shape index (κ1) is 20.2. The molecule has 1 aliphatic rings. The van der Waals surface area contributed by atoms with Crippen LogP contribution in [0.3, 0.4) is 0 Å². The van der Waals surface area contributed by atoms with E-state index in [0.717, 1.165) is 32.6 Å². The maximum absolute atomic E-state index is 11.8. The Bertz CT molecular complexity index is 782. The molecule has 28 heavy (non-hydrogen) atoms. The van der Waals surface area contributed by atoms with E-state index in [-0.39, 0.29) is 17.1 Å². The Morgan fingerprint density at radius 3 is 2.57 bits per heavy atom. The van der Waals surface area contributed by atoms with Crippen LogP contribution in [0.2, 0.25) is 0 Å². The van der Waals surface area contributed by atoms with Gasteiger partial charge in [0.1, 0.15) is 5.75 Å². The molecule has 0 bridgehead atoms. The number of piperazine rings is 1. The second-order valence-corrected chi connectivity index (χ2v) is 7.17. The lowest BCUT2D eigenvalue weighted by molar-refractivity contribution is 0.0698. The number of aromatic nitrogens is 1. The van der Waals surface area contributed by atoms with Crippen molar-refractivity contribution in [3.05, 3.63) is 29.8 Å². The van der Waals surface area contributed by atoms with Crippen LogP contribution < -0.4 is 10.1 Å². The van der Waals surface area contributed by atoms with Crippen LogP contribution in [0.4, 0.5) is 5.82 Å². The van der Waals surface area contributed by atoms with Gasteiger partial charge in [0, 0.05) is 44.3 Å². The minimum absolute atomic E-state index is 0.0532. The highest BCUT2D eigenvalue weighted by Crippen LogP contribution is 2.30. The predicted molar refractivity (Wildman–Crippen MR) is 107 cm³/mol. The summed E-state index contributed by atoms with van der Waals surface area (Å²) in [6.07, 6.45) is 0.896. The highest BCUT2D eigenvalue weighted by atomic mass is 16.5. The second kappa shape index (κ2) is 9.07. The lowest BCUT2D eigenvalue weighted by Gasteiger charge is -2.36. The number of carbonyl (C=O) groups is 1. The van der Waals surface area contributed by atoms with Gasteiger partial charge in [0.15, 0.2) is 17.1 Å². The van der Waals surface area contributed by atoms with Crippen molar-refractivity contribution < 1.29 is 19.2 Å². The van der Waals surface area contributed by atoms with E-state index in [1.54, 1.807) is 31.4 Å². The fraction of sp³-hybridized carbons (Fsp3) is 0.500. The molecule has 8 heteroatoms. The summed E-state index contributed by atoms with van der Waals surface area (Å²) >= 11 is 0. The summed E-state index contributed by atoms with van der Waals surface area (Å²) in [5.74, 6) is 0.131. The summed E-state index contributed by atoms with van der Waals surface area (Å²) in [7, 11) is 3.72. The van der Waals surface area contributed by atoms with Crippen LogP contribution in [0, 0.1) is 0 Å². The Balaban J connectivity index is 1.64. The molecule has 152 valence electrons. The lowest BCUT2D eigenvalue weighted by atomic mass is 10.1. The number of benzene rings is 1. The van der Waals surface area contributed by atoms with Crippen LogP contribution in [0.5, 0.6) is 5.75 Å². The van der Waals surface area contributed by atoms with Gasteiger partial charge in [-0.1, -0.05) is 5.16 Å². The monoisotopic (exact) mass is 388 g/mol. The lowest BCUT2D eigenvalue weighted by Crippen LogP contribution is -2.48. The molecule has 2 aromatic rings. The minimum Gasteiger partial charge on any atom is -0.497 e. The first-order valence-corrected chi connectivity index (χ1v) is 9.53. The van der Waals surface area contributed by atoms with Crippen LogP contribution in [0.15, 0.2) is 28.8 Å². The van der Waals surface area contributed by atoms with E-state index in [4.69, 9.17) is 9.26 Å². The average Bonchev–Trinajstić information content (AvgIpc) is 3.12. The number of carboxylic acids is 1. The maximum Gasteiger partial charge on any atom is 0.343 e. The van der Waals surface area contributed by atoms with E-state index in [9.17, 15) is 9.90 Å². The van der Waals surface area contributed by atoms with Crippen molar-refractivity contribution in [2.45, 2.75) is 19.4 Å². The number of anilines is 1. The average molecular weight is 388 g/mol. The Labute approximate surface area is 165 Å². The number of nitrogens with one attached hydrogen (secondary N) is 1. The van der Waals surface area contributed by atoms with Gasteiger partial charge in [0.05, 0.1) is 7.11 Å². The zero-order valence-electron chi connectivity index (χ0n) is 16.6. The summed E-state index contributed by atoms with van der Waals surface area (Å²) in [5, 5.41) is 16.8. The molecular formula is C20H28N4O4. The molecule has 2 heterocycles. The van der Waals surface area contributed by atoms with E-state index in [1.165, 1.54) is 0 Å². The molecule has 1 atom stereocenters. The highest BCUT2D eigenvalue weighted by Gasteiger charge is 2.24. The zero-order chi connectivity index (χ0) is 20.1. The number of methoxy groups -OCH3 is 1. The molecule has 1 aromatic carbocycles. The largest absolute Gasteiger partial charge is 0.497 e. The third-order valence-electron chi connectivity index (χ3n) is 5.27. The van der Waals surface area contributed by atoms with Gasteiger partial charge in [-0.25, -0.2) is 4.79 Å². The van der Waals surface area contributed by atoms with E-state index in [0.29, 0.717) is 23.9 Å². The number of ether oxygens (including phenoxy) is 1. The van der Waals surface area contributed by atoms with Crippen molar-refractivity contribution in [2.75, 3.05) is 52.2 Å². The van der Waals surface area contributed by atoms with Crippen LogP contribution in [-0.2, 0) is 0 Å². The SMILES string of the molecule is COc1ccc(-c2onc(NCCC(C)N3CCN(C)CC3)c2C(=O)O)cc1. The third-order valence-corrected chi connectivity index (χ3v) is 5.27. The van der Waals surface area contributed by atoms with Gasteiger partial charge in [-0.3, -0.25) is 4.90 Å². The summed E-state index contributed by atoms with van der Waals surface area (Å²) in [4.78, 5) is 16.6. The normalized spacial score (nSPS) is 16.7. The van der Waals surface area contributed by atoms with Gasteiger partial charge >= 0.3 is 5.97 Å². The number of rotatable bonds is 8. The van der Waals surface area contributed by atoms with Crippen LogP contribution in [-0.4, -0.2) is 79.0 Å². The Morgan fingerprint density at radius 2 is 1.96 bits per heavy atom. The molecule has 8 nitrogen and oxygen atoms in total. The molecule has 1 aliphatic heterocycles. The molecule has 2 N–H and O–H groups in total. The molecule has 0 saturated carbocycles. The number of carboxylic acid groups (broad SMARTS) is 1. The highest BCUT2D eigenvalue weighted by molar-refractivity contribution is 5.99. The summed E-state index contributed by atoms with van der Waals surface area (Å²) in [6.45, 7) is 7.11. The van der Waals surface area contributed by atoms with Crippen molar-refractivity contribution in [1.29, 1.82) is 0 Å². The van der Waals surface area contributed by atoms with Gasteiger partial charge in [-0.2, -0.15) is 0 Å². The first-order valence-electron chi connectivity index (χ1n) is 9.53. The van der Waals surface area contributed by atoms with Crippen molar-refractivity contribution in [3.8, 4) is 17.1 Å². The molecule has 1 fully saturated rings. The molecule has 0 aliphatic carbocycles. The maximum atomic E-state index is 11.8. The molecule has 0 spiro atoms. The number of nitrogens with zero attached hydrogens (tertiary/aromatic N) is 3. The van der Waals surface area contributed by atoms with Crippen molar-refractivity contribution in [2.24, 2.45) is 0 Å². The van der Waals surface area contributed by atoms with Gasteiger partial charge in [-0.05, 0) is 44.7 Å². The standard InChI is InChI=1S/C20H28N4O4/c1-14(24-12-10-23(2)11-13-24)8-9-21-19-17(20(25)26)18(28-22-19)15-4-6-16(27-3)7-5-15/h4-7,14H,8-13H2,1-3H3,(H,21,22)(H,25,26). The zero-order valence-corrected chi connectivity index (χ0v) is 16.6. The van der Waals surface area contributed by atoms with Gasteiger partial charge in [0.2, 0.25) is 0 Å². The van der Waals surface area contributed by atoms with Gasteiger partial charge < -0.3 is 24.6 Å². The van der Waals surface area contributed by atoms with Gasteiger partial charge in [0.25, 0.3) is 0 Å². The number of hydrogen-bond donors (Lipinski definition) is 2. The smallest absolute Gasteiger partial charge is 0.343 e. The van der Waals surface area contributed by atoms with Gasteiger partial charge in [-0.15, -0.1) is 0 Å². The van der Waals surface area contributed by atoms with E-state index < -0.39 is 5.97 Å². The molecular weight excluding hydrogens is 360 g/mol. The molecule has 0 radical (unpaired) electrons. The Kier molecular flexibility index (Phi) is 6.53. The fourth-order valence-electron chi connectivity index (χ4n) is 3.39. The number of likely N-dealkylation sites (N-methyl/N-ethyl adjacent to an activating group) is 1. The van der Waals surface area contributed by atoms with Crippen molar-refractivity contribution >= 4 is 11.8 Å². The summed E-state index contributed by atoms with van der Waals surface area (Å²) in [6, 6.07) is 7.45. The van der Waals surface area contributed by atoms with E-state index in [2.05, 4.69) is 34.2 Å². The molecule has 3 rings (SSSR count). The second-order valence-electron chi connectivity index (χ2n) is 7.17. The third kappa shape index (κ3) is 4.63. The Hall–Kier alpha value is -2.58. The molecule has 0 amide bonds. The van der Waals surface area contributed by atoms with E-state index >= 15 is 0 Å². The Morgan fingerprint density at radius 1 is 1.29 bits per heavy atom. The molecule has 1 saturated heterocycles. The fourth-order valence-corrected chi connectivity index (χ4v) is 3.39. The summed E-state index contributed by atoms with van der Waals surface area (Å²) in [5.41, 5.74) is 0.696. The van der Waals surface area contributed by atoms with Crippen LogP contribution >= 0.6 is 0 Å². The first-order chi connectivity index (χ1) is 13.5. The van der Waals surface area contributed by atoms with Crippen LogP contribution in [0.25, 0.3) is 11.3 Å². The van der Waals surface area contributed by atoms with Crippen LogP contribution in [0.1, 0.15) is 23.7 Å². The predicted octanol–water partition coefficient (Wildman–Crippen LogP) is 2.49. The number of aromatic carboxylic acids is 1. The quantitative estimate of drug-likeness (QED) is 0.713. The topological polar surface area (TPSA) is 91.1 Å². The minimum atomic E-state index is -1.07. The van der Waals surface area contributed by atoms with Crippen molar-refractivity contribution in [1.82, 2.24) is 15.0 Å². The summed E-state index contributed by atoms with van der Waals surface area (Å²) < 4.78 is 10.5. The van der Waals surface area contributed by atoms with E-state index in [1.807, 2.05) is 0 Å².